The van der Waals surface area contributed by atoms with Crippen molar-refractivity contribution < 1.29 is 4.74 Å². The Hall–Kier alpha value is -0.890. The molecule has 2 atom stereocenters. The molecule has 1 fully saturated rings. The first-order chi connectivity index (χ1) is 9.13. The minimum Gasteiger partial charge on any atom is -0.495 e. The molecule has 3 heteroatoms. The molecule has 0 saturated heterocycles. The molecule has 1 aromatic rings. The minimum atomic E-state index is 0.563. The molecule has 2 unspecified atom stereocenters. The Morgan fingerprint density at radius 3 is 2.84 bits per heavy atom. The van der Waals surface area contributed by atoms with Gasteiger partial charge in [-0.3, -0.25) is 0 Å². The maximum absolute atomic E-state index is 6.15. The Balaban J connectivity index is 2.11. The molecule has 1 saturated carbocycles. The second kappa shape index (κ2) is 6.51. The van der Waals surface area contributed by atoms with E-state index < -0.39 is 0 Å². The van der Waals surface area contributed by atoms with Crippen molar-refractivity contribution in [2.75, 3.05) is 12.4 Å². The van der Waals surface area contributed by atoms with Gasteiger partial charge in [0.15, 0.2) is 0 Å². The van der Waals surface area contributed by atoms with Crippen molar-refractivity contribution in [2.24, 2.45) is 5.92 Å². The summed E-state index contributed by atoms with van der Waals surface area (Å²) in [6.45, 7) is 4.32. The zero-order valence-electron chi connectivity index (χ0n) is 12.1. The van der Waals surface area contributed by atoms with E-state index in [0.29, 0.717) is 6.04 Å². The maximum Gasteiger partial charge on any atom is 0.143 e. The highest BCUT2D eigenvalue weighted by Crippen LogP contribution is 2.34. The van der Waals surface area contributed by atoms with E-state index in [1.165, 1.54) is 32.1 Å². The standard InChI is InChI=1S/C16H24ClNO/c1-4-12-6-5-7-13(9-12)18-15-8-11(2)14(17)10-16(15)19-3/h8,10,12-13,18H,4-7,9H2,1-3H3. The van der Waals surface area contributed by atoms with E-state index in [-0.39, 0.29) is 0 Å². The van der Waals surface area contributed by atoms with E-state index in [2.05, 4.69) is 18.3 Å². The summed E-state index contributed by atoms with van der Waals surface area (Å²) in [6.07, 6.45) is 6.51. The van der Waals surface area contributed by atoms with Gasteiger partial charge >= 0.3 is 0 Å². The molecule has 1 aromatic carbocycles. The van der Waals surface area contributed by atoms with Crippen molar-refractivity contribution in [3.63, 3.8) is 0 Å². The van der Waals surface area contributed by atoms with Crippen LogP contribution < -0.4 is 10.1 Å². The lowest BCUT2D eigenvalue weighted by molar-refractivity contribution is 0.326. The lowest BCUT2D eigenvalue weighted by Crippen LogP contribution is -2.27. The van der Waals surface area contributed by atoms with Crippen LogP contribution in [-0.4, -0.2) is 13.2 Å². The van der Waals surface area contributed by atoms with Crippen LogP contribution in [0.2, 0.25) is 5.02 Å². The van der Waals surface area contributed by atoms with Crippen LogP contribution >= 0.6 is 11.6 Å². The summed E-state index contributed by atoms with van der Waals surface area (Å²) in [4.78, 5) is 0. The van der Waals surface area contributed by atoms with Crippen LogP contribution in [0, 0.1) is 12.8 Å². The van der Waals surface area contributed by atoms with Crippen LogP contribution in [0.15, 0.2) is 12.1 Å². The van der Waals surface area contributed by atoms with Gasteiger partial charge in [-0.15, -0.1) is 0 Å². The lowest BCUT2D eigenvalue weighted by Gasteiger charge is -2.30. The third-order valence-corrected chi connectivity index (χ3v) is 4.61. The number of anilines is 1. The topological polar surface area (TPSA) is 21.3 Å². The van der Waals surface area contributed by atoms with Gasteiger partial charge in [-0.25, -0.2) is 0 Å². The third-order valence-electron chi connectivity index (χ3n) is 4.20. The molecule has 106 valence electrons. The van der Waals surface area contributed by atoms with Crippen molar-refractivity contribution in [1.29, 1.82) is 0 Å². The zero-order chi connectivity index (χ0) is 13.8. The number of rotatable bonds is 4. The molecule has 0 spiro atoms. The van der Waals surface area contributed by atoms with E-state index in [1.807, 2.05) is 13.0 Å². The molecular weight excluding hydrogens is 258 g/mol. The number of methoxy groups -OCH3 is 1. The number of halogens is 1. The fourth-order valence-electron chi connectivity index (χ4n) is 2.96. The van der Waals surface area contributed by atoms with Gasteiger partial charge in [-0.2, -0.15) is 0 Å². The van der Waals surface area contributed by atoms with Gasteiger partial charge in [0.25, 0.3) is 0 Å². The number of hydrogen-bond acceptors (Lipinski definition) is 2. The fourth-order valence-corrected chi connectivity index (χ4v) is 3.11. The summed E-state index contributed by atoms with van der Waals surface area (Å²) in [5, 5.41) is 4.41. The second-order valence-electron chi connectivity index (χ2n) is 5.58. The molecule has 2 nitrogen and oxygen atoms in total. The van der Waals surface area contributed by atoms with Gasteiger partial charge in [-0.1, -0.05) is 37.8 Å². The predicted octanol–water partition coefficient (Wildman–Crippen LogP) is 5.04. The van der Waals surface area contributed by atoms with Crippen LogP contribution in [0.5, 0.6) is 5.75 Å². The summed E-state index contributed by atoms with van der Waals surface area (Å²) in [5.74, 6) is 1.71. The summed E-state index contributed by atoms with van der Waals surface area (Å²) in [7, 11) is 1.70. The maximum atomic E-state index is 6.15. The highest BCUT2D eigenvalue weighted by molar-refractivity contribution is 6.31. The Labute approximate surface area is 121 Å². The second-order valence-corrected chi connectivity index (χ2v) is 5.99. The van der Waals surface area contributed by atoms with Gasteiger partial charge in [0, 0.05) is 17.1 Å². The molecule has 2 rings (SSSR count). The fraction of sp³-hybridized carbons (Fsp3) is 0.625. The minimum absolute atomic E-state index is 0.563. The Kier molecular flexibility index (Phi) is 4.98. The largest absolute Gasteiger partial charge is 0.495 e. The first-order valence-corrected chi connectivity index (χ1v) is 7.62. The zero-order valence-corrected chi connectivity index (χ0v) is 12.9. The van der Waals surface area contributed by atoms with Gasteiger partial charge in [0.05, 0.1) is 12.8 Å². The van der Waals surface area contributed by atoms with E-state index in [4.69, 9.17) is 16.3 Å². The van der Waals surface area contributed by atoms with Gasteiger partial charge in [0.1, 0.15) is 5.75 Å². The molecule has 0 aliphatic heterocycles. The van der Waals surface area contributed by atoms with Crippen LogP contribution in [0.4, 0.5) is 5.69 Å². The molecule has 1 N–H and O–H groups in total. The number of ether oxygens (including phenoxy) is 1. The summed E-state index contributed by atoms with van der Waals surface area (Å²) >= 11 is 6.15. The van der Waals surface area contributed by atoms with E-state index in [1.54, 1.807) is 7.11 Å². The van der Waals surface area contributed by atoms with Crippen LogP contribution in [-0.2, 0) is 0 Å². The van der Waals surface area contributed by atoms with Crippen molar-refractivity contribution >= 4 is 17.3 Å². The van der Waals surface area contributed by atoms with Crippen molar-refractivity contribution in [3.8, 4) is 5.75 Å². The summed E-state index contributed by atoms with van der Waals surface area (Å²) < 4.78 is 5.43. The molecule has 1 aliphatic rings. The highest BCUT2D eigenvalue weighted by atomic mass is 35.5. The molecule has 0 radical (unpaired) electrons. The average molecular weight is 282 g/mol. The van der Waals surface area contributed by atoms with Crippen molar-refractivity contribution in [2.45, 2.75) is 52.0 Å². The van der Waals surface area contributed by atoms with Crippen molar-refractivity contribution in [1.82, 2.24) is 0 Å². The molecule has 19 heavy (non-hydrogen) atoms. The lowest BCUT2D eigenvalue weighted by atomic mass is 9.84. The van der Waals surface area contributed by atoms with Crippen LogP contribution in [0.25, 0.3) is 0 Å². The van der Waals surface area contributed by atoms with Gasteiger partial charge in [-0.05, 0) is 37.3 Å². The molecule has 0 bridgehead atoms. The molecule has 0 heterocycles. The Bertz CT molecular complexity index is 433. The number of aryl methyl sites for hydroxylation is 1. The van der Waals surface area contributed by atoms with E-state index >= 15 is 0 Å². The quantitative estimate of drug-likeness (QED) is 0.835. The average Bonchev–Trinajstić information content (AvgIpc) is 2.43. The summed E-state index contributed by atoms with van der Waals surface area (Å²) in [6, 6.07) is 4.56. The van der Waals surface area contributed by atoms with E-state index in [9.17, 15) is 0 Å². The molecule has 0 amide bonds. The van der Waals surface area contributed by atoms with Crippen LogP contribution in [0.1, 0.15) is 44.6 Å². The first kappa shape index (κ1) is 14.5. The normalized spacial score (nSPS) is 23.2. The monoisotopic (exact) mass is 281 g/mol. The number of hydrogen-bond donors (Lipinski definition) is 1. The number of benzene rings is 1. The molecule has 0 aromatic heterocycles. The SMILES string of the molecule is CCC1CCCC(Nc2cc(C)c(Cl)cc2OC)C1. The smallest absolute Gasteiger partial charge is 0.143 e. The Morgan fingerprint density at radius 2 is 2.16 bits per heavy atom. The van der Waals surface area contributed by atoms with Gasteiger partial charge < -0.3 is 10.1 Å². The summed E-state index contributed by atoms with van der Waals surface area (Å²) in [5.41, 5.74) is 2.17. The third kappa shape index (κ3) is 3.56. The predicted molar refractivity (Wildman–Crippen MR) is 82.4 cm³/mol. The Morgan fingerprint density at radius 1 is 1.37 bits per heavy atom. The first-order valence-electron chi connectivity index (χ1n) is 7.24. The van der Waals surface area contributed by atoms with Gasteiger partial charge in [0.2, 0.25) is 0 Å². The highest BCUT2D eigenvalue weighted by Gasteiger charge is 2.21. The molecule has 1 aliphatic carbocycles. The van der Waals surface area contributed by atoms with E-state index in [0.717, 1.165) is 27.9 Å². The number of nitrogens with one attached hydrogen (secondary N) is 1. The van der Waals surface area contributed by atoms with Crippen molar-refractivity contribution in [3.05, 3.63) is 22.7 Å². The molecular formula is C16H24ClNO. The van der Waals surface area contributed by atoms with Crippen LogP contribution in [0.3, 0.4) is 0 Å².